The Morgan fingerprint density at radius 2 is 2.04 bits per heavy atom. The maximum Gasteiger partial charge on any atom is 0.267 e. The molecule has 1 aromatic rings. The number of aromatic nitrogens is 1. The van der Waals surface area contributed by atoms with E-state index in [4.69, 9.17) is 15.2 Å². The Balaban J connectivity index is 0.00000210. The Labute approximate surface area is 167 Å². The van der Waals surface area contributed by atoms with Gasteiger partial charge >= 0.3 is 0 Å². The smallest absolute Gasteiger partial charge is 0.267 e. The predicted octanol–water partition coefficient (Wildman–Crippen LogP) is 2.35. The molecule has 27 heavy (non-hydrogen) atoms. The monoisotopic (exact) mass is 395 g/mol. The van der Waals surface area contributed by atoms with Crippen molar-refractivity contribution < 1.29 is 14.3 Å². The van der Waals surface area contributed by atoms with Crippen molar-refractivity contribution in [2.45, 2.75) is 43.7 Å². The molecule has 2 aliphatic heterocycles. The number of carbonyl (C=O) groups is 1. The van der Waals surface area contributed by atoms with E-state index in [-0.39, 0.29) is 18.0 Å². The lowest BCUT2D eigenvalue weighted by Gasteiger charge is -2.57. The Bertz CT molecular complexity index is 652. The van der Waals surface area contributed by atoms with Gasteiger partial charge in [-0.3, -0.25) is 14.7 Å². The number of carbonyl (C=O) groups excluding carboxylic acids is 1. The molecule has 2 bridgehead atoms. The van der Waals surface area contributed by atoms with Crippen molar-refractivity contribution in [3.63, 3.8) is 0 Å². The average molecular weight is 396 g/mol. The molecule has 7 heteroatoms. The number of amides is 1. The molecule has 3 aliphatic rings. The molecule has 2 saturated heterocycles. The van der Waals surface area contributed by atoms with Gasteiger partial charge in [-0.2, -0.15) is 0 Å². The first kappa shape index (κ1) is 20.5. The van der Waals surface area contributed by atoms with Crippen LogP contribution in [0.5, 0.6) is 0 Å². The third kappa shape index (κ3) is 3.60. The molecular weight excluding hydrogens is 366 g/mol. The molecule has 1 aromatic heterocycles. The zero-order valence-electron chi connectivity index (χ0n) is 15.9. The predicted molar refractivity (Wildman–Crippen MR) is 105 cm³/mol. The number of hydrogen-bond acceptors (Lipinski definition) is 5. The Morgan fingerprint density at radius 3 is 2.63 bits per heavy atom. The summed E-state index contributed by atoms with van der Waals surface area (Å²) < 4.78 is 12.0. The molecule has 1 amide bonds. The summed E-state index contributed by atoms with van der Waals surface area (Å²) in [6.45, 7) is 3.78. The standard InChI is InChI=1S/C20H29N3O3.ClH/c1-25-20(14-7-8-22-18(10-14)19(21)24)15-4-2-5-16(20)12-23(11-15)17-6-3-9-26-13-17;/h7-8,10,15-17H,2-6,9,11-13H2,1H3,(H2,21,24);1H/t15-,16+,17?,20?;. The van der Waals surface area contributed by atoms with Crippen molar-refractivity contribution >= 4 is 18.3 Å². The number of hydrogen-bond donors (Lipinski definition) is 1. The fourth-order valence-corrected chi connectivity index (χ4v) is 5.51. The number of fused-ring (bicyclic) bond motifs is 2. The summed E-state index contributed by atoms with van der Waals surface area (Å²) in [5.41, 5.74) is 6.49. The van der Waals surface area contributed by atoms with Crippen LogP contribution in [-0.4, -0.2) is 55.2 Å². The van der Waals surface area contributed by atoms with E-state index in [0.717, 1.165) is 51.1 Å². The number of piperidine rings is 1. The lowest BCUT2D eigenvalue weighted by Crippen LogP contribution is -2.61. The summed E-state index contributed by atoms with van der Waals surface area (Å²) in [5, 5.41) is 0. The van der Waals surface area contributed by atoms with Gasteiger partial charge in [-0.1, -0.05) is 6.42 Å². The van der Waals surface area contributed by atoms with Gasteiger partial charge in [0.15, 0.2) is 0 Å². The molecule has 1 saturated carbocycles. The van der Waals surface area contributed by atoms with Crippen molar-refractivity contribution in [3.05, 3.63) is 29.6 Å². The summed E-state index contributed by atoms with van der Waals surface area (Å²) in [7, 11) is 1.81. The van der Waals surface area contributed by atoms with Gasteiger partial charge in [0.2, 0.25) is 0 Å². The van der Waals surface area contributed by atoms with Crippen LogP contribution in [0.15, 0.2) is 18.3 Å². The van der Waals surface area contributed by atoms with Gasteiger partial charge in [-0.25, -0.2) is 0 Å². The van der Waals surface area contributed by atoms with E-state index in [0.29, 0.717) is 23.6 Å². The maximum atomic E-state index is 11.6. The lowest BCUT2D eigenvalue weighted by molar-refractivity contribution is -0.179. The molecule has 3 heterocycles. The molecule has 0 aromatic carbocycles. The minimum Gasteiger partial charge on any atom is -0.380 e. The summed E-state index contributed by atoms with van der Waals surface area (Å²) in [5.74, 6) is 0.329. The van der Waals surface area contributed by atoms with Crippen molar-refractivity contribution in [3.8, 4) is 0 Å². The molecular formula is C20H30ClN3O3. The molecule has 4 rings (SSSR count). The lowest BCUT2D eigenvalue weighted by atomic mass is 9.62. The van der Waals surface area contributed by atoms with Crippen molar-refractivity contribution in [1.82, 2.24) is 9.88 Å². The summed E-state index contributed by atoms with van der Waals surface area (Å²) >= 11 is 0. The number of likely N-dealkylation sites (tertiary alicyclic amines) is 1. The second-order valence-corrected chi connectivity index (χ2v) is 7.94. The van der Waals surface area contributed by atoms with Gasteiger partial charge in [0, 0.05) is 50.9 Å². The van der Waals surface area contributed by atoms with Crippen LogP contribution in [0.2, 0.25) is 0 Å². The van der Waals surface area contributed by atoms with Gasteiger partial charge in [0.25, 0.3) is 5.91 Å². The van der Waals surface area contributed by atoms with E-state index in [1.165, 1.54) is 12.8 Å². The summed E-state index contributed by atoms with van der Waals surface area (Å²) in [4.78, 5) is 18.4. The Morgan fingerprint density at radius 1 is 1.30 bits per heavy atom. The number of primary amides is 1. The first-order valence-corrected chi connectivity index (χ1v) is 9.78. The van der Waals surface area contributed by atoms with Crippen LogP contribution in [0.4, 0.5) is 0 Å². The molecule has 2 unspecified atom stereocenters. The quantitative estimate of drug-likeness (QED) is 0.846. The number of ether oxygens (including phenoxy) is 2. The SMILES string of the molecule is COC1(c2ccnc(C(N)=O)c2)[C@@H]2CCC[C@H]1CN(C1CCCOC1)C2.Cl. The molecule has 3 fully saturated rings. The highest BCUT2D eigenvalue weighted by atomic mass is 35.5. The van der Waals surface area contributed by atoms with E-state index < -0.39 is 5.91 Å². The number of rotatable bonds is 4. The number of pyridine rings is 1. The topological polar surface area (TPSA) is 77.7 Å². The van der Waals surface area contributed by atoms with Crippen LogP contribution in [0.25, 0.3) is 0 Å². The molecule has 6 nitrogen and oxygen atoms in total. The van der Waals surface area contributed by atoms with E-state index >= 15 is 0 Å². The average Bonchev–Trinajstić information content (AvgIpc) is 2.67. The number of nitrogens with two attached hydrogens (primary N) is 1. The van der Waals surface area contributed by atoms with Crippen LogP contribution >= 0.6 is 12.4 Å². The molecule has 0 radical (unpaired) electrons. The van der Waals surface area contributed by atoms with Crippen LogP contribution < -0.4 is 5.73 Å². The van der Waals surface area contributed by atoms with Gasteiger partial charge in [0.05, 0.1) is 6.61 Å². The van der Waals surface area contributed by atoms with Gasteiger partial charge in [-0.05, 0) is 43.4 Å². The molecule has 150 valence electrons. The molecule has 1 aliphatic carbocycles. The van der Waals surface area contributed by atoms with Crippen LogP contribution in [0.3, 0.4) is 0 Å². The van der Waals surface area contributed by atoms with Crippen LogP contribution in [-0.2, 0) is 15.1 Å². The number of nitrogens with zero attached hydrogens (tertiary/aromatic N) is 2. The fraction of sp³-hybridized carbons (Fsp3) is 0.700. The van der Waals surface area contributed by atoms with E-state index in [1.807, 2.05) is 19.2 Å². The highest BCUT2D eigenvalue weighted by Crippen LogP contribution is 2.52. The Kier molecular flexibility index (Phi) is 6.41. The fourth-order valence-electron chi connectivity index (χ4n) is 5.51. The number of halogens is 1. The number of methoxy groups -OCH3 is 1. The highest BCUT2D eigenvalue weighted by Gasteiger charge is 2.54. The zero-order chi connectivity index (χ0) is 18.1. The van der Waals surface area contributed by atoms with Gasteiger partial charge in [-0.15, -0.1) is 12.4 Å². The third-order valence-corrected chi connectivity index (χ3v) is 6.68. The minimum absolute atomic E-state index is 0. The largest absolute Gasteiger partial charge is 0.380 e. The summed E-state index contributed by atoms with van der Waals surface area (Å²) in [6, 6.07) is 4.37. The van der Waals surface area contributed by atoms with Crippen molar-refractivity contribution in [1.29, 1.82) is 0 Å². The van der Waals surface area contributed by atoms with Gasteiger partial charge in [0.1, 0.15) is 11.3 Å². The maximum absolute atomic E-state index is 11.6. The second kappa shape index (κ2) is 8.43. The van der Waals surface area contributed by atoms with E-state index in [1.54, 1.807) is 6.20 Å². The Hall–Kier alpha value is -1.21. The van der Waals surface area contributed by atoms with Crippen LogP contribution in [0.1, 0.15) is 48.2 Å². The third-order valence-electron chi connectivity index (χ3n) is 6.68. The first-order chi connectivity index (χ1) is 12.6. The molecule has 4 atom stereocenters. The van der Waals surface area contributed by atoms with E-state index in [2.05, 4.69) is 9.88 Å². The summed E-state index contributed by atoms with van der Waals surface area (Å²) in [6.07, 6.45) is 7.58. The first-order valence-electron chi connectivity index (χ1n) is 9.78. The van der Waals surface area contributed by atoms with Crippen molar-refractivity contribution in [2.24, 2.45) is 17.6 Å². The van der Waals surface area contributed by atoms with E-state index in [9.17, 15) is 4.79 Å². The van der Waals surface area contributed by atoms with Crippen molar-refractivity contribution in [2.75, 3.05) is 33.4 Å². The highest BCUT2D eigenvalue weighted by molar-refractivity contribution is 5.90. The zero-order valence-corrected chi connectivity index (χ0v) is 16.7. The minimum atomic E-state index is -0.486. The molecule has 0 spiro atoms. The van der Waals surface area contributed by atoms with Gasteiger partial charge < -0.3 is 15.2 Å². The van der Waals surface area contributed by atoms with Crippen LogP contribution in [0, 0.1) is 11.8 Å². The second-order valence-electron chi connectivity index (χ2n) is 7.94. The molecule has 2 N–H and O–H groups in total. The normalized spacial score (nSPS) is 33.9.